The van der Waals surface area contributed by atoms with Gasteiger partial charge in [0.25, 0.3) is 0 Å². The van der Waals surface area contributed by atoms with Crippen LogP contribution in [0.2, 0.25) is 0 Å². The lowest BCUT2D eigenvalue weighted by atomic mass is 9.67. The van der Waals surface area contributed by atoms with Crippen molar-refractivity contribution in [3.63, 3.8) is 0 Å². The number of hydrogen-bond acceptors (Lipinski definition) is 3. The molecule has 2 aromatic carbocycles. The van der Waals surface area contributed by atoms with Gasteiger partial charge < -0.3 is 9.64 Å². The zero-order valence-corrected chi connectivity index (χ0v) is 16.0. The van der Waals surface area contributed by atoms with Crippen LogP contribution in [0, 0.1) is 17.8 Å². The Labute approximate surface area is 165 Å². The summed E-state index contributed by atoms with van der Waals surface area (Å²) in [4.78, 5) is 27.8. The number of carbonyl (C=O) groups is 2. The average molecular weight is 375 g/mol. The third-order valence-corrected chi connectivity index (χ3v) is 5.79. The van der Waals surface area contributed by atoms with Gasteiger partial charge in [0.1, 0.15) is 0 Å². The second kappa shape index (κ2) is 8.01. The minimum Gasteiger partial charge on any atom is -0.466 e. The largest absolute Gasteiger partial charge is 0.466 e. The fourth-order valence-corrected chi connectivity index (χ4v) is 4.52. The van der Waals surface area contributed by atoms with E-state index in [4.69, 9.17) is 4.74 Å². The molecule has 0 unspecified atom stereocenters. The van der Waals surface area contributed by atoms with Crippen LogP contribution >= 0.6 is 0 Å². The molecule has 0 spiro atoms. The summed E-state index contributed by atoms with van der Waals surface area (Å²) in [5.74, 6) is -0.761. The predicted octanol–water partition coefficient (Wildman–Crippen LogP) is 4.54. The molecule has 0 bridgehead atoms. The zero-order chi connectivity index (χ0) is 19.5. The quantitative estimate of drug-likeness (QED) is 0.438. The van der Waals surface area contributed by atoms with Crippen LogP contribution in [-0.2, 0) is 14.3 Å². The first-order valence-corrected chi connectivity index (χ1v) is 9.98. The second-order valence-electron chi connectivity index (χ2n) is 7.37. The van der Waals surface area contributed by atoms with Crippen LogP contribution in [0.5, 0.6) is 0 Å². The Hall–Kier alpha value is -2.88. The molecule has 144 valence electrons. The van der Waals surface area contributed by atoms with Crippen LogP contribution in [0.3, 0.4) is 0 Å². The molecule has 1 amide bonds. The minimum atomic E-state index is -0.261. The van der Waals surface area contributed by atoms with E-state index in [-0.39, 0.29) is 35.7 Å². The summed E-state index contributed by atoms with van der Waals surface area (Å²) in [6.45, 7) is 2.19. The molecule has 0 aromatic heterocycles. The lowest BCUT2D eigenvalue weighted by Gasteiger charge is -2.51. The monoisotopic (exact) mass is 375 g/mol. The standard InChI is InChI=1S/C24H25NO3/c1-2-28-24(27)20-16-10-9-15-19(20)21-22(17-11-5-3-6-12-17)25(23(21)26)18-13-7-4-8-14-18/h3-9,11-15,19-22H,2,10,16H2,1H3/t19-,20-,21+,22+/m0/s1. The van der Waals surface area contributed by atoms with Crippen molar-refractivity contribution in [1.82, 2.24) is 0 Å². The highest BCUT2D eigenvalue weighted by Crippen LogP contribution is 2.50. The van der Waals surface area contributed by atoms with Gasteiger partial charge in [-0.1, -0.05) is 60.7 Å². The van der Waals surface area contributed by atoms with E-state index in [1.54, 1.807) is 0 Å². The fourth-order valence-electron chi connectivity index (χ4n) is 4.52. The van der Waals surface area contributed by atoms with Crippen molar-refractivity contribution in [2.75, 3.05) is 11.5 Å². The van der Waals surface area contributed by atoms with Gasteiger partial charge >= 0.3 is 5.97 Å². The van der Waals surface area contributed by atoms with Crippen molar-refractivity contribution in [1.29, 1.82) is 0 Å². The smallest absolute Gasteiger partial charge is 0.309 e. The van der Waals surface area contributed by atoms with E-state index in [0.29, 0.717) is 6.61 Å². The molecular weight excluding hydrogens is 350 g/mol. The van der Waals surface area contributed by atoms with Crippen molar-refractivity contribution in [2.45, 2.75) is 25.8 Å². The Bertz CT molecular complexity index is 862. The number of esters is 1. The number of rotatable bonds is 5. The Balaban J connectivity index is 1.71. The van der Waals surface area contributed by atoms with Crippen LogP contribution in [0.4, 0.5) is 5.69 Å². The van der Waals surface area contributed by atoms with Crippen LogP contribution < -0.4 is 4.90 Å². The highest BCUT2D eigenvalue weighted by atomic mass is 16.5. The first-order valence-electron chi connectivity index (χ1n) is 9.98. The number of β-lactam (4-membered cyclic amide) rings is 1. The van der Waals surface area contributed by atoms with E-state index >= 15 is 0 Å². The Kier molecular flexibility index (Phi) is 5.29. The predicted molar refractivity (Wildman–Crippen MR) is 109 cm³/mol. The molecule has 0 saturated carbocycles. The van der Waals surface area contributed by atoms with Gasteiger partial charge in [0, 0.05) is 11.6 Å². The van der Waals surface area contributed by atoms with Crippen molar-refractivity contribution < 1.29 is 14.3 Å². The Morgan fingerprint density at radius 3 is 2.43 bits per heavy atom. The maximum absolute atomic E-state index is 13.3. The molecule has 4 atom stereocenters. The first kappa shape index (κ1) is 18.5. The summed E-state index contributed by atoms with van der Waals surface area (Å²) in [6, 6.07) is 19.8. The number of ether oxygens (including phenoxy) is 1. The van der Waals surface area contributed by atoms with Gasteiger partial charge in [0.2, 0.25) is 5.91 Å². The number of para-hydroxylation sites is 1. The Morgan fingerprint density at radius 2 is 1.75 bits per heavy atom. The van der Waals surface area contributed by atoms with Gasteiger partial charge in [0.15, 0.2) is 0 Å². The van der Waals surface area contributed by atoms with E-state index in [2.05, 4.69) is 24.3 Å². The second-order valence-corrected chi connectivity index (χ2v) is 7.37. The molecule has 2 aromatic rings. The van der Waals surface area contributed by atoms with Gasteiger partial charge in [-0.3, -0.25) is 9.59 Å². The summed E-state index contributed by atoms with van der Waals surface area (Å²) < 4.78 is 5.32. The summed E-state index contributed by atoms with van der Waals surface area (Å²) in [6.07, 6.45) is 5.74. The number of carbonyl (C=O) groups excluding carboxylic acids is 2. The summed E-state index contributed by atoms with van der Waals surface area (Å²) in [7, 11) is 0. The number of amides is 1. The van der Waals surface area contributed by atoms with Crippen LogP contribution in [0.15, 0.2) is 72.8 Å². The first-order chi connectivity index (χ1) is 13.7. The van der Waals surface area contributed by atoms with Crippen LogP contribution in [0.25, 0.3) is 0 Å². The normalized spacial score (nSPS) is 26.6. The molecule has 1 fully saturated rings. The topological polar surface area (TPSA) is 46.6 Å². The van der Waals surface area contributed by atoms with Crippen LogP contribution in [0.1, 0.15) is 31.4 Å². The van der Waals surface area contributed by atoms with Crippen molar-refractivity contribution >= 4 is 17.6 Å². The molecular formula is C24H25NO3. The molecule has 0 N–H and O–H groups in total. The van der Waals surface area contributed by atoms with E-state index < -0.39 is 0 Å². The number of hydrogen-bond donors (Lipinski definition) is 0. The summed E-state index contributed by atoms with van der Waals surface area (Å²) in [5, 5.41) is 0. The molecule has 4 heteroatoms. The zero-order valence-electron chi connectivity index (χ0n) is 16.0. The van der Waals surface area contributed by atoms with Crippen LogP contribution in [-0.4, -0.2) is 18.5 Å². The maximum atomic E-state index is 13.3. The van der Waals surface area contributed by atoms with Crippen molar-refractivity contribution in [2.24, 2.45) is 17.8 Å². The van der Waals surface area contributed by atoms with E-state index in [0.717, 1.165) is 24.1 Å². The molecule has 1 heterocycles. The third kappa shape index (κ3) is 3.24. The van der Waals surface area contributed by atoms with Gasteiger partial charge in [-0.25, -0.2) is 0 Å². The summed E-state index contributed by atoms with van der Waals surface area (Å²) in [5.41, 5.74) is 1.99. The van der Waals surface area contributed by atoms with E-state index in [1.165, 1.54) is 0 Å². The molecule has 1 aliphatic heterocycles. The minimum absolute atomic E-state index is 0.0749. The molecule has 1 aliphatic carbocycles. The summed E-state index contributed by atoms with van der Waals surface area (Å²) >= 11 is 0. The number of anilines is 1. The molecule has 0 radical (unpaired) electrons. The van der Waals surface area contributed by atoms with Gasteiger partial charge in [-0.05, 0) is 37.5 Å². The number of benzene rings is 2. The number of nitrogens with zero attached hydrogens (tertiary/aromatic N) is 1. The third-order valence-electron chi connectivity index (χ3n) is 5.79. The highest BCUT2D eigenvalue weighted by molar-refractivity contribution is 6.04. The number of allylic oxidation sites excluding steroid dienone is 2. The van der Waals surface area contributed by atoms with Gasteiger partial charge in [0.05, 0.1) is 24.5 Å². The molecule has 4 rings (SSSR count). The average Bonchev–Trinajstić information content (AvgIpc) is 2.74. The van der Waals surface area contributed by atoms with Gasteiger partial charge in [-0.2, -0.15) is 0 Å². The van der Waals surface area contributed by atoms with E-state index in [1.807, 2.05) is 60.4 Å². The molecule has 4 nitrogen and oxygen atoms in total. The SMILES string of the molecule is CCOC(=O)[C@H]1CCC=C[C@@H]1[C@H]1C(=O)N(c2ccccc2)[C@@H]1c1ccccc1. The lowest BCUT2D eigenvalue weighted by Crippen LogP contribution is -2.59. The molecule has 1 saturated heterocycles. The molecule has 28 heavy (non-hydrogen) atoms. The fraction of sp³-hybridized carbons (Fsp3) is 0.333. The highest BCUT2D eigenvalue weighted by Gasteiger charge is 2.54. The lowest BCUT2D eigenvalue weighted by molar-refractivity contribution is -0.152. The van der Waals surface area contributed by atoms with Gasteiger partial charge in [-0.15, -0.1) is 0 Å². The Morgan fingerprint density at radius 1 is 1.07 bits per heavy atom. The maximum Gasteiger partial charge on any atom is 0.309 e. The molecule has 2 aliphatic rings. The van der Waals surface area contributed by atoms with Crippen molar-refractivity contribution in [3.8, 4) is 0 Å². The van der Waals surface area contributed by atoms with Crippen molar-refractivity contribution in [3.05, 3.63) is 78.4 Å². The van der Waals surface area contributed by atoms with E-state index in [9.17, 15) is 9.59 Å².